The van der Waals surface area contributed by atoms with Gasteiger partial charge >= 0.3 is 5.97 Å². The Morgan fingerprint density at radius 2 is 1.79 bits per heavy atom. The first-order valence-electron chi connectivity index (χ1n) is 10.4. The molecule has 4 N–H and O–H groups in total. The predicted octanol–water partition coefficient (Wildman–Crippen LogP) is 3.32. The molecule has 0 saturated heterocycles. The number of allylic oxidation sites excluding steroid dienone is 2. The summed E-state index contributed by atoms with van der Waals surface area (Å²) in [5.41, 5.74) is 1.21. The van der Waals surface area contributed by atoms with E-state index in [0.717, 1.165) is 6.42 Å². The Hall–Kier alpha value is -1.69. The maximum atomic E-state index is 10.5. The number of aliphatic hydroxyl groups is 3. The van der Waals surface area contributed by atoms with Crippen LogP contribution in [-0.2, 0) is 11.2 Å². The fourth-order valence-corrected chi connectivity index (χ4v) is 4.16. The molecule has 1 fully saturated rings. The third-order valence-corrected chi connectivity index (χ3v) is 5.80. The number of aliphatic carboxylic acids is 1. The van der Waals surface area contributed by atoms with Gasteiger partial charge in [0.05, 0.1) is 18.3 Å². The molecule has 0 radical (unpaired) electrons. The Balaban J connectivity index is 1.74. The second-order valence-electron chi connectivity index (χ2n) is 7.95. The zero-order valence-electron chi connectivity index (χ0n) is 16.5. The number of benzene rings is 1. The van der Waals surface area contributed by atoms with E-state index in [2.05, 4.69) is 12.1 Å². The van der Waals surface area contributed by atoms with Crippen molar-refractivity contribution >= 4 is 5.97 Å². The van der Waals surface area contributed by atoms with Gasteiger partial charge in [-0.05, 0) is 68.8 Å². The van der Waals surface area contributed by atoms with Crippen LogP contribution in [0.25, 0.3) is 0 Å². The highest BCUT2D eigenvalue weighted by Crippen LogP contribution is 2.38. The predicted molar refractivity (Wildman–Crippen MR) is 109 cm³/mol. The monoisotopic (exact) mass is 390 g/mol. The van der Waals surface area contributed by atoms with Crippen LogP contribution in [0, 0.1) is 11.8 Å². The maximum Gasteiger partial charge on any atom is 0.303 e. The number of aryl methyl sites for hydroxylation is 1. The van der Waals surface area contributed by atoms with E-state index in [0.29, 0.717) is 44.9 Å². The molecule has 0 aliphatic heterocycles. The molecule has 0 aromatic heterocycles. The van der Waals surface area contributed by atoms with Gasteiger partial charge in [0.2, 0.25) is 0 Å². The zero-order valence-corrected chi connectivity index (χ0v) is 16.5. The molecule has 0 bridgehead atoms. The molecule has 5 atom stereocenters. The minimum absolute atomic E-state index is 0.00736. The van der Waals surface area contributed by atoms with Crippen molar-refractivity contribution in [2.75, 3.05) is 0 Å². The van der Waals surface area contributed by atoms with Gasteiger partial charge in [0.15, 0.2) is 0 Å². The van der Waals surface area contributed by atoms with Crippen molar-refractivity contribution in [1.29, 1.82) is 0 Å². The standard InChI is InChI=1S/C23H34O5/c24-18(13-12-17-8-4-3-5-9-17)14-15-20-19(21(25)16-22(20)26)10-6-1-2-7-11-23(27)28/h1,3-6,8-9,18-22,24-26H,2,7,10-16H2,(H,27,28)/b6-1+/t18-,19+,20+,21+,22+/m0/s1. The summed E-state index contributed by atoms with van der Waals surface area (Å²) in [5.74, 6) is -0.800. The Morgan fingerprint density at radius 1 is 1.07 bits per heavy atom. The molecule has 0 heterocycles. The van der Waals surface area contributed by atoms with Crippen LogP contribution in [0.4, 0.5) is 0 Å². The largest absolute Gasteiger partial charge is 0.481 e. The van der Waals surface area contributed by atoms with Crippen LogP contribution in [0.1, 0.15) is 56.9 Å². The summed E-state index contributed by atoms with van der Waals surface area (Å²) >= 11 is 0. The molecule has 5 heteroatoms. The van der Waals surface area contributed by atoms with Gasteiger partial charge in [0, 0.05) is 6.42 Å². The van der Waals surface area contributed by atoms with E-state index in [-0.39, 0.29) is 18.3 Å². The highest BCUT2D eigenvalue weighted by atomic mass is 16.4. The Morgan fingerprint density at radius 3 is 2.50 bits per heavy atom. The van der Waals surface area contributed by atoms with E-state index in [9.17, 15) is 20.1 Å². The van der Waals surface area contributed by atoms with Crippen LogP contribution in [0.15, 0.2) is 42.5 Å². The quantitative estimate of drug-likeness (QED) is 0.324. The van der Waals surface area contributed by atoms with Crippen LogP contribution in [-0.4, -0.2) is 44.7 Å². The summed E-state index contributed by atoms with van der Waals surface area (Å²) in [7, 11) is 0. The van der Waals surface area contributed by atoms with Crippen molar-refractivity contribution in [3.8, 4) is 0 Å². The molecule has 1 saturated carbocycles. The Bertz CT molecular complexity index is 600. The van der Waals surface area contributed by atoms with E-state index < -0.39 is 24.3 Å². The van der Waals surface area contributed by atoms with Crippen molar-refractivity contribution in [3.05, 3.63) is 48.0 Å². The van der Waals surface area contributed by atoms with Crippen LogP contribution < -0.4 is 0 Å². The van der Waals surface area contributed by atoms with Crippen molar-refractivity contribution in [2.24, 2.45) is 11.8 Å². The van der Waals surface area contributed by atoms with E-state index in [1.165, 1.54) is 5.56 Å². The Labute approximate surface area is 167 Å². The molecule has 28 heavy (non-hydrogen) atoms. The topological polar surface area (TPSA) is 98.0 Å². The van der Waals surface area contributed by atoms with E-state index >= 15 is 0 Å². The first-order chi connectivity index (χ1) is 13.5. The number of carboxylic acid groups (broad SMARTS) is 1. The van der Waals surface area contributed by atoms with Gasteiger partial charge < -0.3 is 20.4 Å². The van der Waals surface area contributed by atoms with Crippen LogP contribution in [0.3, 0.4) is 0 Å². The van der Waals surface area contributed by atoms with Crippen LogP contribution in [0.2, 0.25) is 0 Å². The third-order valence-electron chi connectivity index (χ3n) is 5.80. The fraction of sp³-hybridized carbons (Fsp3) is 0.609. The molecule has 1 aromatic carbocycles. The van der Waals surface area contributed by atoms with Gasteiger partial charge in [-0.3, -0.25) is 4.79 Å². The lowest BCUT2D eigenvalue weighted by Crippen LogP contribution is -2.23. The van der Waals surface area contributed by atoms with Gasteiger partial charge in [-0.15, -0.1) is 0 Å². The summed E-state index contributed by atoms with van der Waals surface area (Å²) in [6.07, 6.45) is 7.91. The van der Waals surface area contributed by atoms with Gasteiger partial charge in [-0.25, -0.2) is 0 Å². The molecule has 1 aliphatic carbocycles. The molecule has 0 unspecified atom stereocenters. The maximum absolute atomic E-state index is 10.5. The van der Waals surface area contributed by atoms with Crippen LogP contribution >= 0.6 is 0 Å². The van der Waals surface area contributed by atoms with Gasteiger partial charge in [0.25, 0.3) is 0 Å². The molecule has 156 valence electrons. The highest BCUT2D eigenvalue weighted by molar-refractivity contribution is 5.66. The Kier molecular flexibility index (Phi) is 9.68. The summed E-state index contributed by atoms with van der Waals surface area (Å²) < 4.78 is 0. The van der Waals surface area contributed by atoms with Gasteiger partial charge in [0.1, 0.15) is 0 Å². The summed E-state index contributed by atoms with van der Waals surface area (Å²) in [6.45, 7) is 0. The fourth-order valence-electron chi connectivity index (χ4n) is 4.16. The lowest BCUT2D eigenvalue weighted by atomic mass is 9.85. The number of hydrogen-bond acceptors (Lipinski definition) is 4. The smallest absolute Gasteiger partial charge is 0.303 e. The molecule has 1 aromatic rings. The zero-order chi connectivity index (χ0) is 20.4. The summed E-state index contributed by atoms with van der Waals surface area (Å²) in [4.78, 5) is 10.5. The molecular weight excluding hydrogens is 356 g/mol. The van der Waals surface area contributed by atoms with Crippen molar-refractivity contribution in [3.63, 3.8) is 0 Å². The van der Waals surface area contributed by atoms with Gasteiger partial charge in [-0.2, -0.15) is 0 Å². The lowest BCUT2D eigenvalue weighted by molar-refractivity contribution is -0.137. The number of carbonyl (C=O) groups is 1. The number of aliphatic hydroxyl groups excluding tert-OH is 3. The number of rotatable bonds is 12. The van der Waals surface area contributed by atoms with E-state index in [1.807, 2.05) is 30.4 Å². The minimum atomic E-state index is -0.784. The van der Waals surface area contributed by atoms with Crippen molar-refractivity contribution < 1.29 is 25.2 Å². The normalized spacial score (nSPS) is 26.0. The molecular formula is C23H34O5. The third kappa shape index (κ3) is 7.74. The second-order valence-corrected chi connectivity index (χ2v) is 7.95. The average molecular weight is 391 g/mol. The van der Waals surface area contributed by atoms with E-state index in [1.54, 1.807) is 0 Å². The first-order valence-corrected chi connectivity index (χ1v) is 10.4. The van der Waals surface area contributed by atoms with Crippen LogP contribution in [0.5, 0.6) is 0 Å². The highest BCUT2D eigenvalue weighted by Gasteiger charge is 2.40. The molecule has 5 nitrogen and oxygen atoms in total. The lowest BCUT2D eigenvalue weighted by Gasteiger charge is -2.23. The second kappa shape index (κ2) is 12.0. The summed E-state index contributed by atoms with van der Waals surface area (Å²) in [6, 6.07) is 10.1. The molecule has 1 aliphatic rings. The van der Waals surface area contributed by atoms with Crippen molar-refractivity contribution in [1.82, 2.24) is 0 Å². The molecule has 2 rings (SSSR count). The van der Waals surface area contributed by atoms with E-state index in [4.69, 9.17) is 5.11 Å². The number of hydrogen-bond donors (Lipinski definition) is 4. The first kappa shape index (κ1) is 22.6. The minimum Gasteiger partial charge on any atom is -0.481 e. The average Bonchev–Trinajstić information content (AvgIpc) is 2.94. The molecule has 0 amide bonds. The van der Waals surface area contributed by atoms with Crippen molar-refractivity contribution in [2.45, 2.75) is 76.1 Å². The van der Waals surface area contributed by atoms with Gasteiger partial charge in [-0.1, -0.05) is 42.5 Å². The number of unbranched alkanes of at least 4 members (excludes halogenated alkanes) is 1. The SMILES string of the molecule is O=C(O)CCC/C=C/C[C@@H]1[C@@H](CC[C@@H](O)CCc2ccccc2)[C@H](O)C[C@H]1O. The molecule has 0 spiro atoms. The summed E-state index contributed by atoms with van der Waals surface area (Å²) in [5, 5.41) is 39.6. The number of carboxylic acids is 1.